The summed E-state index contributed by atoms with van der Waals surface area (Å²) in [6.07, 6.45) is 5.67. The van der Waals surface area contributed by atoms with Crippen LogP contribution in [0, 0.1) is 0 Å². The van der Waals surface area contributed by atoms with Crippen LogP contribution in [0.25, 0.3) is 22.0 Å². The van der Waals surface area contributed by atoms with Crippen LogP contribution in [-0.2, 0) is 17.9 Å². The average Bonchev–Trinajstić information content (AvgIpc) is 3.37. The third kappa shape index (κ3) is 3.09. The Kier molecular flexibility index (Phi) is 4.10. The van der Waals surface area contributed by atoms with Crippen molar-refractivity contribution in [2.45, 2.75) is 32.0 Å². The third-order valence-corrected chi connectivity index (χ3v) is 5.38. The summed E-state index contributed by atoms with van der Waals surface area (Å²) < 4.78 is 2.27. The zero-order valence-corrected chi connectivity index (χ0v) is 15.0. The first-order chi connectivity index (χ1) is 13.3. The Balaban J connectivity index is 1.46. The van der Waals surface area contributed by atoms with E-state index in [4.69, 9.17) is 0 Å². The summed E-state index contributed by atoms with van der Waals surface area (Å²) in [7, 11) is 0. The van der Waals surface area contributed by atoms with Gasteiger partial charge in [0.2, 0.25) is 5.91 Å². The van der Waals surface area contributed by atoms with Gasteiger partial charge >= 0.3 is 0 Å². The van der Waals surface area contributed by atoms with Crippen molar-refractivity contribution in [3.63, 3.8) is 0 Å². The second kappa shape index (κ2) is 6.75. The van der Waals surface area contributed by atoms with Gasteiger partial charge in [0.15, 0.2) is 0 Å². The van der Waals surface area contributed by atoms with E-state index in [1.165, 1.54) is 0 Å². The van der Waals surface area contributed by atoms with E-state index in [9.17, 15) is 4.79 Å². The molecule has 7 nitrogen and oxygen atoms in total. The predicted octanol–water partition coefficient (Wildman–Crippen LogP) is 1.89. The number of rotatable bonds is 3. The Hall–Kier alpha value is -2.77. The molecule has 0 spiro atoms. The first-order valence-electron chi connectivity index (χ1n) is 9.47. The van der Waals surface area contributed by atoms with Gasteiger partial charge in [0.05, 0.1) is 24.5 Å². The van der Waals surface area contributed by atoms with Crippen molar-refractivity contribution in [3.8, 4) is 11.3 Å². The van der Waals surface area contributed by atoms with E-state index in [2.05, 4.69) is 48.7 Å². The lowest BCUT2D eigenvalue weighted by Crippen LogP contribution is -2.35. The van der Waals surface area contributed by atoms with Gasteiger partial charge in [-0.05, 0) is 36.9 Å². The molecule has 0 aliphatic carbocycles. The van der Waals surface area contributed by atoms with Crippen molar-refractivity contribution in [2.75, 3.05) is 18.4 Å². The molecule has 0 radical (unpaired) electrons. The Morgan fingerprint density at radius 3 is 3.00 bits per heavy atom. The molecule has 5 rings (SSSR count). The molecule has 2 aromatic heterocycles. The summed E-state index contributed by atoms with van der Waals surface area (Å²) in [5, 5.41) is 11.6. The normalized spacial score (nSPS) is 19.2. The van der Waals surface area contributed by atoms with Crippen LogP contribution >= 0.6 is 0 Å². The van der Waals surface area contributed by atoms with Crippen LogP contribution in [0.2, 0.25) is 0 Å². The van der Waals surface area contributed by atoms with Gasteiger partial charge in [-0.15, -0.1) is 0 Å². The Morgan fingerprint density at radius 2 is 2.11 bits per heavy atom. The fourth-order valence-electron chi connectivity index (χ4n) is 3.92. The molecule has 138 valence electrons. The van der Waals surface area contributed by atoms with E-state index in [0.29, 0.717) is 5.82 Å². The minimum atomic E-state index is -0.110. The van der Waals surface area contributed by atoms with E-state index < -0.39 is 0 Å². The maximum atomic E-state index is 12.3. The van der Waals surface area contributed by atoms with Crippen molar-refractivity contribution in [1.29, 1.82) is 0 Å². The molecule has 0 bridgehead atoms. The standard InChI is InChI=1S/C20H22N6O/c27-20(16-2-1-5-22-16)25-18-9-15-8-13(3-4-14(15)10-23-18)17-11-24-19-12-21-6-7-26(17)19/h3-4,8-11,16,21-22H,1-2,5-7,12H2,(H,23,25,27)/t16-/m1/s1. The zero-order valence-electron chi connectivity index (χ0n) is 15.0. The lowest BCUT2D eigenvalue weighted by molar-refractivity contribution is -0.117. The molecule has 2 aliphatic rings. The lowest BCUT2D eigenvalue weighted by atomic mass is 10.1. The number of imidazole rings is 1. The largest absolute Gasteiger partial charge is 0.326 e. The number of anilines is 1. The quantitative estimate of drug-likeness (QED) is 0.663. The molecule has 7 heteroatoms. The highest BCUT2D eigenvalue weighted by Gasteiger charge is 2.22. The number of aromatic nitrogens is 3. The highest BCUT2D eigenvalue weighted by molar-refractivity contribution is 5.96. The molecule has 0 saturated carbocycles. The highest BCUT2D eigenvalue weighted by Crippen LogP contribution is 2.27. The van der Waals surface area contributed by atoms with Crippen LogP contribution < -0.4 is 16.0 Å². The van der Waals surface area contributed by atoms with Crippen LogP contribution in [0.1, 0.15) is 18.7 Å². The molecule has 3 N–H and O–H groups in total. The number of nitrogens with one attached hydrogen (secondary N) is 3. The van der Waals surface area contributed by atoms with Gasteiger partial charge < -0.3 is 20.5 Å². The topological polar surface area (TPSA) is 83.9 Å². The summed E-state index contributed by atoms with van der Waals surface area (Å²) in [6.45, 7) is 3.59. The number of nitrogens with zero attached hydrogens (tertiary/aromatic N) is 3. The summed E-state index contributed by atoms with van der Waals surface area (Å²) in [4.78, 5) is 21.3. The van der Waals surface area contributed by atoms with E-state index in [1.54, 1.807) is 0 Å². The third-order valence-electron chi connectivity index (χ3n) is 5.38. The van der Waals surface area contributed by atoms with Crippen molar-refractivity contribution in [2.24, 2.45) is 0 Å². The van der Waals surface area contributed by atoms with Gasteiger partial charge in [0.1, 0.15) is 11.6 Å². The number of fused-ring (bicyclic) bond motifs is 2. The van der Waals surface area contributed by atoms with Crippen molar-refractivity contribution >= 4 is 22.5 Å². The highest BCUT2D eigenvalue weighted by atomic mass is 16.2. The van der Waals surface area contributed by atoms with Crippen LogP contribution in [0.3, 0.4) is 0 Å². The second-order valence-electron chi connectivity index (χ2n) is 7.16. The fraction of sp³-hybridized carbons (Fsp3) is 0.350. The SMILES string of the molecule is O=C(Nc1cc2cc(-c3cnc4n3CCNC4)ccc2cn1)[C@H]1CCCN1. The van der Waals surface area contributed by atoms with E-state index >= 15 is 0 Å². The number of benzene rings is 1. The summed E-state index contributed by atoms with van der Waals surface area (Å²) in [6, 6.07) is 8.16. The predicted molar refractivity (Wildman–Crippen MR) is 104 cm³/mol. The van der Waals surface area contributed by atoms with Gasteiger partial charge in [0.25, 0.3) is 0 Å². The first-order valence-corrected chi connectivity index (χ1v) is 9.47. The average molecular weight is 362 g/mol. The van der Waals surface area contributed by atoms with Gasteiger partial charge in [-0.2, -0.15) is 0 Å². The lowest BCUT2D eigenvalue weighted by Gasteiger charge is -2.17. The Morgan fingerprint density at radius 1 is 1.15 bits per heavy atom. The summed E-state index contributed by atoms with van der Waals surface area (Å²) in [5.41, 5.74) is 2.26. The smallest absolute Gasteiger partial charge is 0.242 e. The summed E-state index contributed by atoms with van der Waals surface area (Å²) in [5.74, 6) is 1.66. The molecule has 4 heterocycles. The van der Waals surface area contributed by atoms with Crippen LogP contribution in [0.15, 0.2) is 36.7 Å². The number of carbonyl (C=O) groups excluding carboxylic acids is 1. The summed E-state index contributed by atoms with van der Waals surface area (Å²) >= 11 is 0. The van der Waals surface area contributed by atoms with Crippen LogP contribution in [-0.4, -0.2) is 39.6 Å². The molecular weight excluding hydrogens is 340 g/mol. The number of hydrogen-bond donors (Lipinski definition) is 3. The maximum absolute atomic E-state index is 12.3. The Bertz CT molecular complexity index is 1000. The minimum Gasteiger partial charge on any atom is -0.326 e. The van der Waals surface area contributed by atoms with E-state index in [-0.39, 0.29) is 11.9 Å². The number of hydrogen-bond acceptors (Lipinski definition) is 5. The second-order valence-corrected chi connectivity index (χ2v) is 7.16. The molecule has 1 aromatic carbocycles. The molecule has 1 amide bonds. The van der Waals surface area contributed by atoms with Crippen LogP contribution in [0.4, 0.5) is 5.82 Å². The molecule has 0 unspecified atom stereocenters. The van der Waals surface area contributed by atoms with Gasteiger partial charge in [-0.3, -0.25) is 4.79 Å². The van der Waals surface area contributed by atoms with Crippen molar-refractivity contribution < 1.29 is 4.79 Å². The zero-order chi connectivity index (χ0) is 18.2. The number of carbonyl (C=O) groups is 1. The number of pyridine rings is 1. The molecule has 1 fully saturated rings. The minimum absolute atomic E-state index is 0.00661. The number of amides is 1. The van der Waals surface area contributed by atoms with E-state index in [1.807, 2.05) is 18.5 Å². The fourth-order valence-corrected chi connectivity index (χ4v) is 3.92. The Labute approximate surface area is 157 Å². The first kappa shape index (κ1) is 16.4. The molecule has 1 atom stereocenters. The van der Waals surface area contributed by atoms with Gasteiger partial charge in [-0.25, -0.2) is 9.97 Å². The van der Waals surface area contributed by atoms with Gasteiger partial charge in [0, 0.05) is 30.2 Å². The van der Waals surface area contributed by atoms with Crippen molar-refractivity contribution in [1.82, 2.24) is 25.2 Å². The van der Waals surface area contributed by atoms with Crippen LogP contribution in [0.5, 0.6) is 0 Å². The molecule has 27 heavy (non-hydrogen) atoms. The monoisotopic (exact) mass is 362 g/mol. The van der Waals surface area contributed by atoms with E-state index in [0.717, 1.165) is 66.9 Å². The molecule has 2 aliphatic heterocycles. The molecule has 1 saturated heterocycles. The molecular formula is C20H22N6O. The molecule has 3 aromatic rings. The van der Waals surface area contributed by atoms with Gasteiger partial charge in [-0.1, -0.05) is 12.1 Å². The maximum Gasteiger partial charge on any atom is 0.242 e. The van der Waals surface area contributed by atoms with Crippen molar-refractivity contribution in [3.05, 3.63) is 42.5 Å².